The highest BCUT2D eigenvalue weighted by molar-refractivity contribution is 6.05. The van der Waals surface area contributed by atoms with Gasteiger partial charge < -0.3 is 10.6 Å². The number of hydrogen-bond acceptors (Lipinski definition) is 2. The van der Waals surface area contributed by atoms with Crippen molar-refractivity contribution < 1.29 is 4.79 Å². The van der Waals surface area contributed by atoms with Gasteiger partial charge in [-0.1, -0.05) is 48.0 Å². The molecule has 3 nitrogen and oxygen atoms in total. The Morgan fingerprint density at radius 2 is 1.64 bits per heavy atom. The Morgan fingerprint density at radius 1 is 0.909 bits per heavy atom. The van der Waals surface area contributed by atoms with Gasteiger partial charge in [0.25, 0.3) is 5.91 Å². The van der Waals surface area contributed by atoms with Gasteiger partial charge in [0.15, 0.2) is 0 Å². The van der Waals surface area contributed by atoms with Crippen LogP contribution in [-0.2, 0) is 0 Å². The molecule has 0 spiro atoms. The summed E-state index contributed by atoms with van der Waals surface area (Å²) in [7, 11) is 0. The predicted octanol–water partition coefficient (Wildman–Crippen LogP) is 7.16. The number of carbonyl (C=O) groups is 1. The van der Waals surface area contributed by atoms with Gasteiger partial charge in [0.1, 0.15) is 0 Å². The maximum atomic E-state index is 13.3. The summed E-state index contributed by atoms with van der Waals surface area (Å²) in [5.41, 5.74) is 9.08. The van der Waals surface area contributed by atoms with Gasteiger partial charge in [0.05, 0.1) is 6.04 Å². The second kappa shape index (κ2) is 7.76. The average Bonchev–Trinajstić information content (AvgIpc) is 3.44. The molecule has 3 heteroatoms. The van der Waals surface area contributed by atoms with Gasteiger partial charge in [0.2, 0.25) is 0 Å². The molecule has 6 rings (SSSR count). The third-order valence-corrected chi connectivity index (χ3v) is 8.42. The number of nitrogens with one attached hydrogen (secondary N) is 2. The molecule has 0 saturated heterocycles. The lowest BCUT2D eigenvalue weighted by molar-refractivity contribution is 0.102. The van der Waals surface area contributed by atoms with Crippen molar-refractivity contribution in [1.82, 2.24) is 0 Å². The molecule has 3 aromatic carbocycles. The highest BCUT2D eigenvalue weighted by atomic mass is 16.1. The van der Waals surface area contributed by atoms with Crippen LogP contribution in [0.1, 0.15) is 69.4 Å². The van der Waals surface area contributed by atoms with Gasteiger partial charge >= 0.3 is 0 Å². The van der Waals surface area contributed by atoms with E-state index in [0.29, 0.717) is 17.9 Å². The van der Waals surface area contributed by atoms with Crippen molar-refractivity contribution in [3.63, 3.8) is 0 Å². The SMILES string of the molecule is Cc1cc(C)c(NC(=O)c2ccc3c(c2)[C@@H]2[C@H]4CC[C@@H](C4)[C@@H]2[C@@H](c2ccccc2)N3)c(C)c1. The lowest BCUT2D eigenvalue weighted by Gasteiger charge is -2.43. The molecule has 168 valence electrons. The van der Waals surface area contributed by atoms with Crippen molar-refractivity contribution >= 4 is 17.3 Å². The summed E-state index contributed by atoms with van der Waals surface area (Å²) in [5, 5.41) is 7.08. The van der Waals surface area contributed by atoms with Crippen LogP contribution >= 0.6 is 0 Å². The van der Waals surface area contributed by atoms with E-state index < -0.39 is 0 Å². The van der Waals surface area contributed by atoms with E-state index in [0.717, 1.165) is 34.2 Å². The van der Waals surface area contributed by atoms with E-state index in [1.165, 1.54) is 41.6 Å². The smallest absolute Gasteiger partial charge is 0.255 e. The van der Waals surface area contributed by atoms with E-state index in [2.05, 4.69) is 86.0 Å². The molecule has 2 N–H and O–H groups in total. The summed E-state index contributed by atoms with van der Waals surface area (Å²) >= 11 is 0. The monoisotopic (exact) mass is 436 g/mol. The minimum absolute atomic E-state index is 0.0160. The fourth-order valence-electron chi connectivity index (χ4n) is 7.18. The van der Waals surface area contributed by atoms with Crippen molar-refractivity contribution in [3.8, 4) is 0 Å². The van der Waals surface area contributed by atoms with Crippen LogP contribution in [0.3, 0.4) is 0 Å². The summed E-state index contributed by atoms with van der Waals surface area (Å²) < 4.78 is 0. The minimum atomic E-state index is -0.0160. The Kier molecular flexibility index (Phi) is 4.83. The first-order valence-electron chi connectivity index (χ1n) is 12.3. The van der Waals surface area contributed by atoms with Crippen molar-refractivity contribution in [1.29, 1.82) is 0 Å². The van der Waals surface area contributed by atoms with Gasteiger partial charge in [0, 0.05) is 16.9 Å². The Balaban J connectivity index is 1.35. The molecule has 2 fully saturated rings. The van der Waals surface area contributed by atoms with Crippen molar-refractivity contribution in [3.05, 3.63) is 94.0 Å². The molecule has 2 saturated carbocycles. The second-order valence-electron chi connectivity index (χ2n) is 10.5. The van der Waals surface area contributed by atoms with E-state index in [-0.39, 0.29) is 5.91 Å². The molecular formula is C30H32N2O. The average molecular weight is 437 g/mol. The van der Waals surface area contributed by atoms with Gasteiger partial charge in [-0.15, -0.1) is 0 Å². The summed E-state index contributed by atoms with van der Waals surface area (Å²) in [6.07, 6.45) is 4.00. The van der Waals surface area contributed by atoms with Crippen molar-refractivity contribution in [2.45, 2.75) is 52.0 Å². The highest BCUT2D eigenvalue weighted by Gasteiger charge is 2.53. The van der Waals surface area contributed by atoms with Crippen LogP contribution < -0.4 is 10.6 Å². The van der Waals surface area contributed by atoms with E-state index >= 15 is 0 Å². The van der Waals surface area contributed by atoms with Crippen LogP contribution in [-0.4, -0.2) is 5.91 Å². The molecule has 3 aliphatic rings. The standard InChI is InChI=1S/C30H32N2O/c1-17-13-18(2)28(19(3)14-17)32-30(33)23-11-12-25-24(16-23)26-21-9-10-22(15-21)27(26)29(31-25)20-7-5-4-6-8-20/h4-8,11-14,16,21-22,26-27,29,31H,9-10,15H2,1-3H3,(H,32,33)/t21-,22-,26-,27-,29+/m0/s1. The molecule has 33 heavy (non-hydrogen) atoms. The van der Waals surface area contributed by atoms with E-state index in [9.17, 15) is 4.79 Å². The third kappa shape index (κ3) is 3.37. The van der Waals surface area contributed by atoms with E-state index in [1.807, 2.05) is 6.07 Å². The Labute approximate surface area is 196 Å². The maximum Gasteiger partial charge on any atom is 0.255 e. The lowest BCUT2D eigenvalue weighted by Crippen LogP contribution is -2.35. The normalized spacial score (nSPS) is 26.9. The van der Waals surface area contributed by atoms with E-state index in [1.54, 1.807) is 0 Å². The van der Waals surface area contributed by atoms with Crippen LogP contribution in [0, 0.1) is 38.5 Å². The number of aryl methyl sites for hydroxylation is 3. The quantitative estimate of drug-likeness (QED) is 0.457. The zero-order valence-corrected chi connectivity index (χ0v) is 19.7. The number of hydrogen-bond donors (Lipinski definition) is 2. The number of fused-ring (bicyclic) bond motifs is 7. The number of anilines is 2. The largest absolute Gasteiger partial charge is 0.378 e. The Hall–Kier alpha value is -3.07. The van der Waals surface area contributed by atoms with Gasteiger partial charge in [-0.25, -0.2) is 0 Å². The molecule has 0 unspecified atom stereocenters. The fourth-order valence-corrected chi connectivity index (χ4v) is 7.18. The Morgan fingerprint density at radius 3 is 2.39 bits per heavy atom. The molecule has 0 aromatic heterocycles. The zero-order valence-electron chi connectivity index (χ0n) is 19.7. The number of rotatable bonds is 3. The van der Waals surface area contributed by atoms with Crippen LogP contribution in [0.25, 0.3) is 0 Å². The zero-order chi connectivity index (χ0) is 22.7. The van der Waals surface area contributed by atoms with Crippen LogP contribution in [0.15, 0.2) is 60.7 Å². The molecule has 0 radical (unpaired) electrons. The molecule has 1 heterocycles. The molecule has 5 atom stereocenters. The topological polar surface area (TPSA) is 41.1 Å². The molecule has 2 aliphatic carbocycles. The first-order chi connectivity index (χ1) is 16.0. The van der Waals surface area contributed by atoms with Crippen molar-refractivity contribution in [2.75, 3.05) is 10.6 Å². The maximum absolute atomic E-state index is 13.3. The predicted molar refractivity (Wildman–Crippen MR) is 135 cm³/mol. The highest BCUT2D eigenvalue weighted by Crippen LogP contribution is 2.63. The first kappa shape index (κ1) is 20.5. The molecule has 1 aliphatic heterocycles. The Bertz CT molecular complexity index is 1210. The summed E-state index contributed by atoms with van der Waals surface area (Å²) in [6, 6.07) is 21.8. The summed E-state index contributed by atoms with van der Waals surface area (Å²) in [4.78, 5) is 13.3. The van der Waals surface area contributed by atoms with Gasteiger partial charge in [-0.05, 0) is 104 Å². The summed E-state index contributed by atoms with van der Waals surface area (Å²) in [6.45, 7) is 6.22. The minimum Gasteiger partial charge on any atom is -0.378 e. The summed E-state index contributed by atoms with van der Waals surface area (Å²) in [5.74, 6) is 2.66. The number of carbonyl (C=O) groups excluding carboxylic acids is 1. The van der Waals surface area contributed by atoms with Gasteiger partial charge in [-0.3, -0.25) is 4.79 Å². The molecule has 2 bridgehead atoms. The van der Waals surface area contributed by atoms with Crippen LogP contribution in [0.4, 0.5) is 11.4 Å². The van der Waals surface area contributed by atoms with Crippen molar-refractivity contribution in [2.24, 2.45) is 17.8 Å². The van der Waals surface area contributed by atoms with Crippen LogP contribution in [0.2, 0.25) is 0 Å². The lowest BCUT2D eigenvalue weighted by atomic mass is 9.68. The molecule has 3 aromatic rings. The fraction of sp³-hybridized carbons (Fsp3) is 0.367. The second-order valence-corrected chi connectivity index (χ2v) is 10.5. The molecular weight excluding hydrogens is 404 g/mol. The number of amides is 1. The number of benzene rings is 3. The van der Waals surface area contributed by atoms with E-state index in [4.69, 9.17) is 0 Å². The molecule has 1 amide bonds. The van der Waals surface area contributed by atoms with Crippen LogP contribution in [0.5, 0.6) is 0 Å². The van der Waals surface area contributed by atoms with Gasteiger partial charge in [-0.2, -0.15) is 0 Å². The first-order valence-corrected chi connectivity index (χ1v) is 12.3. The third-order valence-electron chi connectivity index (χ3n) is 8.42.